The maximum absolute atomic E-state index is 11.0. The van der Waals surface area contributed by atoms with Gasteiger partial charge in [-0.2, -0.15) is 0 Å². The second-order valence-corrected chi connectivity index (χ2v) is 4.23. The summed E-state index contributed by atoms with van der Waals surface area (Å²) in [7, 11) is 0. The van der Waals surface area contributed by atoms with E-state index in [9.17, 15) is 4.79 Å². The first-order valence-corrected chi connectivity index (χ1v) is 5.69. The Bertz CT molecular complexity index is 371. The lowest BCUT2D eigenvalue weighted by atomic mass is 10.2. The number of aliphatic carboxylic acids is 1. The number of carboxylic acids is 1. The molecule has 0 amide bonds. The predicted octanol–water partition coefficient (Wildman–Crippen LogP) is 1.17. The summed E-state index contributed by atoms with van der Waals surface area (Å²) >= 11 is 0. The van der Waals surface area contributed by atoms with Crippen LogP contribution in [0.2, 0.25) is 0 Å². The number of nitrogens with one attached hydrogen (secondary N) is 1. The Morgan fingerprint density at radius 3 is 3.06 bits per heavy atom. The highest BCUT2D eigenvalue weighted by atomic mass is 16.4. The minimum atomic E-state index is -0.804. The second-order valence-electron chi connectivity index (χ2n) is 4.23. The van der Waals surface area contributed by atoms with Crippen LogP contribution in [0.4, 0.5) is 0 Å². The van der Waals surface area contributed by atoms with E-state index in [4.69, 9.17) is 5.11 Å². The standard InChI is InChI=1S/C11H17N3O2/c1-2-10(11(15)16)14-6-9(13-7-14)5-12-8-3-4-8/h6-8,10,12H,2-5H2,1H3,(H,15,16). The van der Waals surface area contributed by atoms with Gasteiger partial charge in [0, 0.05) is 18.8 Å². The van der Waals surface area contributed by atoms with E-state index in [0.29, 0.717) is 12.5 Å². The van der Waals surface area contributed by atoms with Crippen molar-refractivity contribution in [1.82, 2.24) is 14.9 Å². The van der Waals surface area contributed by atoms with E-state index in [1.54, 1.807) is 10.9 Å². The minimum Gasteiger partial charge on any atom is -0.480 e. The molecule has 1 aliphatic rings. The average Bonchev–Trinajstić information content (AvgIpc) is 2.96. The van der Waals surface area contributed by atoms with Crippen molar-refractivity contribution in [2.45, 2.75) is 44.8 Å². The van der Waals surface area contributed by atoms with Crippen LogP contribution < -0.4 is 5.32 Å². The van der Waals surface area contributed by atoms with Crippen LogP contribution in [0.5, 0.6) is 0 Å². The van der Waals surface area contributed by atoms with Gasteiger partial charge in [0.05, 0.1) is 12.0 Å². The zero-order valence-corrected chi connectivity index (χ0v) is 9.39. The molecule has 0 bridgehead atoms. The first-order chi connectivity index (χ1) is 7.70. The Morgan fingerprint density at radius 1 is 1.75 bits per heavy atom. The molecular formula is C11H17N3O2. The maximum atomic E-state index is 11.0. The number of nitrogens with zero attached hydrogens (tertiary/aromatic N) is 2. The summed E-state index contributed by atoms with van der Waals surface area (Å²) in [5.41, 5.74) is 0.909. The summed E-state index contributed by atoms with van der Waals surface area (Å²) in [6, 6.07) is 0.147. The molecule has 1 aliphatic carbocycles. The van der Waals surface area contributed by atoms with Crippen molar-refractivity contribution in [3.05, 3.63) is 18.2 Å². The largest absolute Gasteiger partial charge is 0.480 e. The monoisotopic (exact) mass is 223 g/mol. The molecule has 0 aliphatic heterocycles. The van der Waals surface area contributed by atoms with Gasteiger partial charge in [0.2, 0.25) is 0 Å². The van der Waals surface area contributed by atoms with E-state index < -0.39 is 12.0 Å². The van der Waals surface area contributed by atoms with E-state index in [0.717, 1.165) is 12.2 Å². The van der Waals surface area contributed by atoms with E-state index in [1.807, 2.05) is 13.1 Å². The first kappa shape index (κ1) is 11.1. The molecular weight excluding hydrogens is 206 g/mol. The zero-order chi connectivity index (χ0) is 11.5. The molecule has 1 aromatic heterocycles. The molecule has 0 aromatic carbocycles. The van der Waals surface area contributed by atoms with Gasteiger partial charge in [0.25, 0.3) is 0 Å². The van der Waals surface area contributed by atoms with Gasteiger partial charge in [0.15, 0.2) is 0 Å². The van der Waals surface area contributed by atoms with Gasteiger partial charge in [-0.1, -0.05) is 6.92 Å². The Kier molecular flexibility index (Phi) is 3.24. The third kappa shape index (κ3) is 2.61. The quantitative estimate of drug-likeness (QED) is 0.759. The summed E-state index contributed by atoms with van der Waals surface area (Å²) in [6.07, 6.45) is 6.48. The topological polar surface area (TPSA) is 67.1 Å². The molecule has 1 atom stereocenters. The van der Waals surface area contributed by atoms with E-state index >= 15 is 0 Å². The number of rotatable bonds is 6. The van der Waals surface area contributed by atoms with Gasteiger partial charge in [-0.15, -0.1) is 0 Å². The van der Waals surface area contributed by atoms with Crippen molar-refractivity contribution in [2.75, 3.05) is 0 Å². The molecule has 5 heteroatoms. The van der Waals surface area contributed by atoms with E-state index in [2.05, 4.69) is 10.3 Å². The lowest BCUT2D eigenvalue weighted by Gasteiger charge is -2.10. The van der Waals surface area contributed by atoms with Gasteiger partial charge < -0.3 is 15.0 Å². The molecule has 16 heavy (non-hydrogen) atoms. The van der Waals surface area contributed by atoms with Crippen LogP contribution in [0.25, 0.3) is 0 Å². The van der Waals surface area contributed by atoms with Crippen LogP contribution in [-0.4, -0.2) is 26.7 Å². The molecule has 1 unspecified atom stereocenters. The molecule has 2 N–H and O–H groups in total. The molecule has 0 saturated heterocycles. The highest BCUT2D eigenvalue weighted by molar-refractivity contribution is 5.71. The SMILES string of the molecule is CCC(C(=O)O)n1cnc(CNC2CC2)c1. The number of carbonyl (C=O) groups is 1. The van der Waals surface area contributed by atoms with Gasteiger partial charge in [-0.25, -0.2) is 9.78 Å². The van der Waals surface area contributed by atoms with Crippen molar-refractivity contribution in [1.29, 1.82) is 0 Å². The summed E-state index contributed by atoms with van der Waals surface area (Å²) in [5.74, 6) is -0.804. The molecule has 1 saturated carbocycles. The molecule has 5 nitrogen and oxygen atoms in total. The Labute approximate surface area is 94.5 Å². The third-order valence-electron chi connectivity index (χ3n) is 2.84. The van der Waals surface area contributed by atoms with Crippen LogP contribution in [0, 0.1) is 0 Å². The number of hydrogen-bond acceptors (Lipinski definition) is 3. The van der Waals surface area contributed by atoms with Crippen molar-refractivity contribution >= 4 is 5.97 Å². The lowest BCUT2D eigenvalue weighted by Crippen LogP contribution is -2.17. The van der Waals surface area contributed by atoms with Gasteiger partial charge in [-0.05, 0) is 19.3 Å². The highest BCUT2D eigenvalue weighted by Crippen LogP contribution is 2.19. The fourth-order valence-electron chi connectivity index (χ4n) is 1.69. The molecule has 2 rings (SSSR count). The van der Waals surface area contributed by atoms with Gasteiger partial charge in [-0.3, -0.25) is 0 Å². The fraction of sp³-hybridized carbons (Fsp3) is 0.636. The lowest BCUT2D eigenvalue weighted by molar-refractivity contribution is -0.141. The average molecular weight is 223 g/mol. The van der Waals surface area contributed by atoms with Crippen molar-refractivity contribution in [3.63, 3.8) is 0 Å². The normalized spacial score (nSPS) is 17.3. The van der Waals surface area contributed by atoms with Crippen LogP contribution in [0.15, 0.2) is 12.5 Å². The van der Waals surface area contributed by atoms with Gasteiger partial charge in [0.1, 0.15) is 6.04 Å². The molecule has 88 valence electrons. The molecule has 0 radical (unpaired) electrons. The second kappa shape index (κ2) is 4.65. The number of aromatic nitrogens is 2. The van der Waals surface area contributed by atoms with E-state index in [-0.39, 0.29) is 0 Å². The summed E-state index contributed by atoms with van der Waals surface area (Å²) < 4.78 is 1.67. The van der Waals surface area contributed by atoms with Crippen molar-refractivity contribution in [2.24, 2.45) is 0 Å². The Morgan fingerprint density at radius 2 is 2.50 bits per heavy atom. The third-order valence-corrected chi connectivity index (χ3v) is 2.84. The fourth-order valence-corrected chi connectivity index (χ4v) is 1.69. The smallest absolute Gasteiger partial charge is 0.326 e. The highest BCUT2D eigenvalue weighted by Gasteiger charge is 2.21. The van der Waals surface area contributed by atoms with Crippen LogP contribution in [0.3, 0.4) is 0 Å². The van der Waals surface area contributed by atoms with Crippen LogP contribution >= 0.6 is 0 Å². The number of imidazole rings is 1. The summed E-state index contributed by atoms with van der Waals surface area (Å²) in [4.78, 5) is 15.2. The Hall–Kier alpha value is -1.36. The Balaban J connectivity index is 1.96. The zero-order valence-electron chi connectivity index (χ0n) is 9.39. The van der Waals surface area contributed by atoms with E-state index in [1.165, 1.54) is 12.8 Å². The van der Waals surface area contributed by atoms with Crippen LogP contribution in [0.1, 0.15) is 37.9 Å². The number of carboxylic acid groups (broad SMARTS) is 1. The van der Waals surface area contributed by atoms with Crippen molar-refractivity contribution < 1.29 is 9.90 Å². The summed E-state index contributed by atoms with van der Waals surface area (Å²) in [5, 5.41) is 12.3. The maximum Gasteiger partial charge on any atom is 0.326 e. The molecule has 1 heterocycles. The molecule has 1 fully saturated rings. The summed E-state index contributed by atoms with van der Waals surface area (Å²) in [6.45, 7) is 2.59. The molecule has 1 aromatic rings. The van der Waals surface area contributed by atoms with Crippen LogP contribution in [-0.2, 0) is 11.3 Å². The first-order valence-electron chi connectivity index (χ1n) is 5.69. The number of hydrogen-bond donors (Lipinski definition) is 2. The predicted molar refractivity (Wildman–Crippen MR) is 59.1 cm³/mol. The van der Waals surface area contributed by atoms with Crippen molar-refractivity contribution in [3.8, 4) is 0 Å². The molecule has 0 spiro atoms. The minimum absolute atomic E-state index is 0.498. The van der Waals surface area contributed by atoms with Gasteiger partial charge >= 0.3 is 5.97 Å².